The molecule has 0 aromatic heterocycles. The molecular formula is C9H12Cl3NO. The minimum atomic E-state index is -1.77. The van der Waals surface area contributed by atoms with Crippen LogP contribution in [0.2, 0.25) is 0 Å². The molecule has 14 heavy (non-hydrogen) atoms. The van der Waals surface area contributed by atoms with Gasteiger partial charge in [-0.1, -0.05) is 53.0 Å². The number of rotatable bonds is 5. The molecule has 0 aromatic carbocycles. The van der Waals surface area contributed by atoms with E-state index in [2.05, 4.69) is 6.58 Å². The highest BCUT2D eigenvalue weighted by atomic mass is 35.6. The van der Waals surface area contributed by atoms with Gasteiger partial charge in [0.05, 0.1) is 0 Å². The van der Waals surface area contributed by atoms with Gasteiger partial charge in [0.2, 0.25) is 5.90 Å². The van der Waals surface area contributed by atoms with Crippen molar-refractivity contribution >= 4 is 40.7 Å². The lowest BCUT2D eigenvalue weighted by Gasteiger charge is -2.11. The molecule has 5 heteroatoms. The molecule has 0 aliphatic heterocycles. The van der Waals surface area contributed by atoms with E-state index in [9.17, 15) is 0 Å². The van der Waals surface area contributed by atoms with Crippen molar-refractivity contribution in [3.63, 3.8) is 0 Å². The van der Waals surface area contributed by atoms with Crippen molar-refractivity contribution in [1.82, 2.24) is 0 Å². The van der Waals surface area contributed by atoms with Crippen LogP contribution in [-0.4, -0.2) is 16.3 Å². The molecule has 0 amide bonds. The lowest BCUT2D eigenvalue weighted by Crippen LogP contribution is -2.21. The molecule has 0 saturated heterocycles. The van der Waals surface area contributed by atoms with Gasteiger partial charge in [-0.3, -0.25) is 5.41 Å². The van der Waals surface area contributed by atoms with Gasteiger partial charge in [0, 0.05) is 0 Å². The normalized spacial score (nSPS) is 11.6. The Bertz CT molecular complexity index is 221. The summed E-state index contributed by atoms with van der Waals surface area (Å²) in [7, 11) is 0. The maximum Gasteiger partial charge on any atom is 0.265 e. The van der Waals surface area contributed by atoms with Crippen LogP contribution < -0.4 is 0 Å². The van der Waals surface area contributed by atoms with Gasteiger partial charge in [-0.2, -0.15) is 0 Å². The first kappa shape index (κ1) is 13.8. The second-order valence-corrected chi connectivity index (χ2v) is 4.76. The van der Waals surface area contributed by atoms with E-state index in [0.717, 1.165) is 12.8 Å². The number of alkyl halides is 3. The summed E-state index contributed by atoms with van der Waals surface area (Å²) in [6, 6.07) is 0. The van der Waals surface area contributed by atoms with Crippen LogP contribution in [0.3, 0.4) is 0 Å². The monoisotopic (exact) mass is 255 g/mol. The number of halogens is 3. The highest BCUT2D eigenvalue weighted by Gasteiger charge is 2.28. The van der Waals surface area contributed by atoms with Gasteiger partial charge >= 0.3 is 0 Å². The topological polar surface area (TPSA) is 33.1 Å². The highest BCUT2D eigenvalue weighted by molar-refractivity contribution is 6.76. The van der Waals surface area contributed by atoms with Crippen LogP contribution in [0.5, 0.6) is 0 Å². The van der Waals surface area contributed by atoms with Crippen LogP contribution in [0.1, 0.15) is 12.8 Å². The maximum atomic E-state index is 7.19. The van der Waals surface area contributed by atoms with E-state index in [1.165, 1.54) is 0 Å². The Morgan fingerprint density at radius 2 is 1.93 bits per heavy atom. The van der Waals surface area contributed by atoms with Crippen LogP contribution in [-0.2, 0) is 4.74 Å². The third-order valence-electron chi connectivity index (χ3n) is 1.29. The van der Waals surface area contributed by atoms with Crippen molar-refractivity contribution in [2.75, 3.05) is 6.61 Å². The molecule has 1 N–H and O–H groups in total. The van der Waals surface area contributed by atoms with Gasteiger partial charge in [-0.25, -0.2) is 0 Å². The van der Waals surface area contributed by atoms with Crippen molar-refractivity contribution < 1.29 is 4.74 Å². The first-order valence-corrected chi connectivity index (χ1v) is 5.16. The minimum absolute atomic E-state index is 0.240. The van der Waals surface area contributed by atoms with Crippen LogP contribution in [0.15, 0.2) is 24.8 Å². The number of hydrogen-bond acceptors (Lipinski definition) is 2. The van der Waals surface area contributed by atoms with Crippen molar-refractivity contribution in [2.45, 2.75) is 16.6 Å². The molecule has 0 spiro atoms. The summed E-state index contributed by atoms with van der Waals surface area (Å²) in [5.41, 5.74) is 0. The lowest BCUT2D eigenvalue weighted by molar-refractivity contribution is 0.339. The summed E-state index contributed by atoms with van der Waals surface area (Å²) in [4.78, 5) is 0. The molecule has 0 fully saturated rings. The predicted octanol–water partition coefficient (Wildman–Crippen LogP) is 3.87. The average Bonchev–Trinajstić information content (AvgIpc) is 2.09. The zero-order valence-electron chi connectivity index (χ0n) is 7.60. The fourth-order valence-corrected chi connectivity index (χ4v) is 0.777. The van der Waals surface area contributed by atoms with Crippen molar-refractivity contribution in [3.8, 4) is 0 Å². The van der Waals surface area contributed by atoms with E-state index >= 15 is 0 Å². The Labute approximate surface area is 99.0 Å². The Morgan fingerprint density at radius 3 is 2.43 bits per heavy atom. The molecule has 0 rings (SSSR count). The van der Waals surface area contributed by atoms with Crippen molar-refractivity contribution in [1.29, 1.82) is 5.41 Å². The van der Waals surface area contributed by atoms with E-state index in [0.29, 0.717) is 0 Å². The molecule has 0 aliphatic carbocycles. The molecule has 0 heterocycles. The molecule has 80 valence electrons. The second kappa shape index (κ2) is 7.16. The summed E-state index contributed by atoms with van der Waals surface area (Å²) in [5.74, 6) is -0.365. The number of hydrogen-bond donors (Lipinski definition) is 1. The Kier molecular flexibility index (Phi) is 7.06. The van der Waals surface area contributed by atoms with Gasteiger partial charge in [-0.05, 0) is 12.8 Å². The Morgan fingerprint density at radius 1 is 1.29 bits per heavy atom. The standard InChI is InChI=1S/C9H12Cl3NO/c1-2-3-4-5-6-7-14-8(13)9(10,11)12/h2,5-6,13H,1,3-4,7H2/b6-5+,13-8?. The molecule has 0 aromatic rings. The molecule has 0 unspecified atom stereocenters. The van der Waals surface area contributed by atoms with E-state index < -0.39 is 3.79 Å². The first-order chi connectivity index (χ1) is 6.48. The summed E-state index contributed by atoms with van der Waals surface area (Å²) < 4.78 is 3.09. The molecule has 0 aliphatic rings. The van der Waals surface area contributed by atoms with Crippen molar-refractivity contribution in [2.24, 2.45) is 0 Å². The van der Waals surface area contributed by atoms with E-state index in [4.69, 9.17) is 44.9 Å². The average molecular weight is 257 g/mol. The van der Waals surface area contributed by atoms with Gasteiger partial charge in [0.15, 0.2) is 0 Å². The summed E-state index contributed by atoms with van der Waals surface area (Å²) in [6.07, 6.45) is 7.34. The Balaban J connectivity index is 3.59. The number of nitrogens with one attached hydrogen (secondary N) is 1. The van der Waals surface area contributed by atoms with Crippen LogP contribution in [0.25, 0.3) is 0 Å². The summed E-state index contributed by atoms with van der Waals surface area (Å²) in [6.45, 7) is 3.83. The van der Waals surface area contributed by atoms with E-state index in [-0.39, 0.29) is 12.5 Å². The van der Waals surface area contributed by atoms with Crippen LogP contribution >= 0.6 is 34.8 Å². The van der Waals surface area contributed by atoms with Crippen LogP contribution in [0, 0.1) is 5.41 Å². The van der Waals surface area contributed by atoms with Crippen LogP contribution in [0.4, 0.5) is 0 Å². The molecule has 0 saturated carbocycles. The molecule has 0 radical (unpaired) electrons. The lowest BCUT2D eigenvalue weighted by atomic mass is 10.3. The van der Waals surface area contributed by atoms with E-state index in [1.54, 1.807) is 6.08 Å². The third-order valence-corrected chi connectivity index (χ3v) is 1.80. The largest absolute Gasteiger partial charge is 0.474 e. The number of unbranched alkanes of at least 4 members (excludes halogenated alkanes) is 1. The summed E-state index contributed by atoms with van der Waals surface area (Å²) >= 11 is 16.2. The minimum Gasteiger partial charge on any atom is -0.474 e. The SMILES string of the molecule is C=CCC/C=C/COC(=N)C(Cl)(Cl)Cl. The maximum absolute atomic E-state index is 7.19. The molecule has 0 bridgehead atoms. The molecule has 0 atom stereocenters. The van der Waals surface area contributed by atoms with Gasteiger partial charge in [0.1, 0.15) is 6.61 Å². The number of ether oxygens (including phenoxy) is 1. The fourth-order valence-electron chi connectivity index (χ4n) is 0.613. The zero-order valence-corrected chi connectivity index (χ0v) is 9.87. The summed E-state index contributed by atoms with van der Waals surface area (Å²) in [5, 5.41) is 7.19. The van der Waals surface area contributed by atoms with E-state index in [1.807, 2.05) is 12.2 Å². The first-order valence-electron chi connectivity index (χ1n) is 4.03. The van der Waals surface area contributed by atoms with Gasteiger partial charge in [0.25, 0.3) is 3.79 Å². The Hall–Kier alpha value is -0.180. The number of allylic oxidation sites excluding steroid dienone is 2. The fraction of sp³-hybridized carbons (Fsp3) is 0.444. The quantitative estimate of drug-likeness (QED) is 0.262. The molecule has 2 nitrogen and oxygen atoms in total. The smallest absolute Gasteiger partial charge is 0.265 e. The zero-order chi connectivity index (χ0) is 11.0. The second-order valence-electron chi connectivity index (χ2n) is 2.48. The van der Waals surface area contributed by atoms with Gasteiger partial charge in [-0.15, -0.1) is 6.58 Å². The molecular weight excluding hydrogens is 244 g/mol. The predicted molar refractivity (Wildman–Crippen MR) is 62.5 cm³/mol. The third kappa shape index (κ3) is 7.25. The van der Waals surface area contributed by atoms with Crippen molar-refractivity contribution in [3.05, 3.63) is 24.8 Å². The highest BCUT2D eigenvalue weighted by Crippen LogP contribution is 2.27. The van der Waals surface area contributed by atoms with Gasteiger partial charge < -0.3 is 4.74 Å².